The van der Waals surface area contributed by atoms with Gasteiger partial charge < -0.3 is 4.74 Å². The zero-order chi connectivity index (χ0) is 24.8. The maximum absolute atomic E-state index is 12.9. The van der Waals surface area contributed by atoms with Crippen molar-refractivity contribution in [2.75, 3.05) is 0 Å². The van der Waals surface area contributed by atoms with Crippen LogP contribution in [0.5, 0.6) is 5.75 Å². The van der Waals surface area contributed by atoms with E-state index in [-0.39, 0.29) is 12.2 Å². The highest BCUT2D eigenvalue weighted by atomic mass is 19.4. The number of benzene rings is 4. The van der Waals surface area contributed by atoms with E-state index in [1.54, 1.807) is 24.3 Å². The smallest absolute Gasteiger partial charge is 0.416 e. The predicted molar refractivity (Wildman–Crippen MR) is 126 cm³/mol. The number of carbonyl (C=O) groups is 1. The van der Waals surface area contributed by atoms with Gasteiger partial charge in [-0.25, -0.2) is 5.43 Å². The van der Waals surface area contributed by atoms with E-state index < -0.39 is 17.6 Å². The number of hydrazone groups is 1. The predicted octanol–water partition coefficient (Wildman–Crippen LogP) is 6.07. The fourth-order valence-corrected chi connectivity index (χ4v) is 3.50. The summed E-state index contributed by atoms with van der Waals surface area (Å²) in [6.07, 6.45) is -3.17. The minimum atomic E-state index is -4.56. The Morgan fingerprint density at radius 1 is 1.00 bits per heavy atom. The molecule has 1 N–H and O–H groups in total. The topological polar surface area (TPSA) is 74.5 Å². The Morgan fingerprint density at radius 2 is 1.77 bits per heavy atom. The molecule has 0 saturated heterocycles. The third-order valence-electron chi connectivity index (χ3n) is 5.26. The van der Waals surface area contributed by atoms with Crippen LogP contribution in [0.15, 0.2) is 90.0 Å². The third-order valence-corrected chi connectivity index (χ3v) is 5.26. The second kappa shape index (κ2) is 10.1. The van der Waals surface area contributed by atoms with Crippen molar-refractivity contribution in [3.8, 4) is 11.8 Å². The van der Waals surface area contributed by atoms with Gasteiger partial charge in [-0.1, -0.05) is 54.6 Å². The van der Waals surface area contributed by atoms with Gasteiger partial charge in [-0.05, 0) is 41.1 Å². The molecule has 0 heterocycles. The quantitative estimate of drug-likeness (QED) is 0.273. The number of fused-ring (bicyclic) bond motifs is 1. The molecule has 4 rings (SSSR count). The maximum Gasteiger partial charge on any atom is 0.416 e. The van der Waals surface area contributed by atoms with E-state index >= 15 is 0 Å². The van der Waals surface area contributed by atoms with E-state index in [4.69, 9.17) is 4.74 Å². The standard InChI is InChI=1S/C27H18F3N3O2/c28-27(29,30)22-10-5-9-19(14-22)26(34)33-32-16-24-23-11-4-3-6-18(23)12-13-25(24)35-17-21-8-2-1-7-20(21)15-31/h1-14,16H,17H2,(H,33,34)/b32-16-. The van der Waals surface area contributed by atoms with Crippen LogP contribution in [-0.4, -0.2) is 12.1 Å². The average molecular weight is 473 g/mol. The third kappa shape index (κ3) is 5.47. The zero-order valence-corrected chi connectivity index (χ0v) is 18.2. The number of halogens is 3. The van der Waals surface area contributed by atoms with Gasteiger partial charge in [0, 0.05) is 16.7 Å². The Labute approximate surface area is 199 Å². The highest BCUT2D eigenvalue weighted by Crippen LogP contribution is 2.30. The molecule has 0 aliphatic carbocycles. The molecule has 0 saturated carbocycles. The number of hydrogen-bond donors (Lipinski definition) is 1. The summed E-state index contributed by atoms with van der Waals surface area (Å²) in [4.78, 5) is 12.4. The molecular weight excluding hydrogens is 455 g/mol. The van der Waals surface area contributed by atoms with Crippen LogP contribution in [0.3, 0.4) is 0 Å². The molecule has 8 heteroatoms. The Balaban J connectivity index is 1.59. The second-order valence-electron chi connectivity index (χ2n) is 7.53. The lowest BCUT2D eigenvalue weighted by atomic mass is 10.0. The van der Waals surface area contributed by atoms with Gasteiger partial charge >= 0.3 is 6.18 Å². The summed E-state index contributed by atoms with van der Waals surface area (Å²) in [7, 11) is 0. The number of alkyl halides is 3. The van der Waals surface area contributed by atoms with Gasteiger partial charge in [0.15, 0.2) is 0 Å². The molecule has 0 spiro atoms. The first kappa shape index (κ1) is 23.5. The van der Waals surface area contributed by atoms with Crippen LogP contribution >= 0.6 is 0 Å². The van der Waals surface area contributed by atoms with Crippen molar-refractivity contribution in [1.82, 2.24) is 5.43 Å². The lowest BCUT2D eigenvalue weighted by Gasteiger charge is -2.12. The van der Waals surface area contributed by atoms with Crippen molar-refractivity contribution in [2.45, 2.75) is 12.8 Å². The summed E-state index contributed by atoms with van der Waals surface area (Å²) in [6, 6.07) is 24.4. The van der Waals surface area contributed by atoms with E-state index in [0.29, 0.717) is 22.4 Å². The van der Waals surface area contributed by atoms with E-state index in [0.717, 1.165) is 29.0 Å². The monoisotopic (exact) mass is 473 g/mol. The van der Waals surface area contributed by atoms with Crippen molar-refractivity contribution < 1.29 is 22.7 Å². The van der Waals surface area contributed by atoms with Gasteiger partial charge in [-0.3, -0.25) is 4.79 Å². The van der Waals surface area contributed by atoms with E-state index in [1.165, 1.54) is 12.3 Å². The molecule has 35 heavy (non-hydrogen) atoms. The minimum Gasteiger partial charge on any atom is -0.488 e. The van der Waals surface area contributed by atoms with Crippen molar-refractivity contribution in [3.05, 3.63) is 113 Å². The molecule has 0 atom stereocenters. The molecule has 4 aromatic rings. The second-order valence-corrected chi connectivity index (χ2v) is 7.53. The Morgan fingerprint density at radius 3 is 2.57 bits per heavy atom. The van der Waals surface area contributed by atoms with E-state index in [2.05, 4.69) is 16.6 Å². The molecule has 0 unspecified atom stereocenters. The van der Waals surface area contributed by atoms with Gasteiger partial charge in [-0.15, -0.1) is 0 Å². The number of nitrogens with one attached hydrogen (secondary N) is 1. The summed E-state index contributed by atoms with van der Waals surface area (Å²) < 4.78 is 44.8. The number of nitriles is 1. The number of hydrogen-bond acceptors (Lipinski definition) is 4. The van der Waals surface area contributed by atoms with Crippen molar-refractivity contribution in [2.24, 2.45) is 5.10 Å². The normalized spacial score (nSPS) is 11.4. The maximum atomic E-state index is 12.9. The van der Waals surface area contributed by atoms with Gasteiger partial charge in [0.1, 0.15) is 12.4 Å². The number of amides is 1. The molecule has 0 aliphatic rings. The molecule has 0 aliphatic heterocycles. The lowest BCUT2D eigenvalue weighted by molar-refractivity contribution is -0.137. The number of carbonyl (C=O) groups excluding carboxylic acids is 1. The minimum absolute atomic E-state index is 0.138. The molecule has 0 radical (unpaired) electrons. The van der Waals surface area contributed by atoms with Crippen molar-refractivity contribution in [1.29, 1.82) is 5.26 Å². The van der Waals surface area contributed by atoms with Crippen LogP contribution in [0.2, 0.25) is 0 Å². The Bertz CT molecular complexity index is 1460. The van der Waals surface area contributed by atoms with Crippen LogP contribution in [0.4, 0.5) is 13.2 Å². The molecule has 0 bridgehead atoms. The summed E-state index contributed by atoms with van der Waals surface area (Å²) in [5, 5.41) is 15.0. The largest absolute Gasteiger partial charge is 0.488 e. The molecule has 0 aromatic heterocycles. The fourth-order valence-electron chi connectivity index (χ4n) is 3.50. The molecule has 5 nitrogen and oxygen atoms in total. The Kier molecular flexibility index (Phi) is 6.78. The first-order valence-corrected chi connectivity index (χ1v) is 10.5. The van der Waals surface area contributed by atoms with Gasteiger partial charge in [0.2, 0.25) is 0 Å². The summed E-state index contributed by atoms with van der Waals surface area (Å²) in [5.74, 6) is -0.313. The highest BCUT2D eigenvalue weighted by Gasteiger charge is 2.30. The molecule has 4 aromatic carbocycles. The fraction of sp³-hybridized carbons (Fsp3) is 0.0741. The highest BCUT2D eigenvalue weighted by molar-refractivity contribution is 6.03. The summed E-state index contributed by atoms with van der Waals surface area (Å²) in [5.41, 5.74) is 2.97. The van der Waals surface area contributed by atoms with Gasteiger partial charge in [0.25, 0.3) is 5.91 Å². The number of rotatable bonds is 6. The van der Waals surface area contributed by atoms with Crippen molar-refractivity contribution in [3.63, 3.8) is 0 Å². The van der Waals surface area contributed by atoms with Gasteiger partial charge in [-0.2, -0.15) is 23.5 Å². The van der Waals surface area contributed by atoms with Crippen molar-refractivity contribution >= 4 is 22.9 Å². The first-order chi connectivity index (χ1) is 16.9. The van der Waals surface area contributed by atoms with Crippen LogP contribution in [-0.2, 0) is 12.8 Å². The van der Waals surface area contributed by atoms with Gasteiger partial charge in [0.05, 0.1) is 23.4 Å². The molecular formula is C27H18F3N3O2. The average Bonchev–Trinajstić information content (AvgIpc) is 2.87. The molecule has 1 amide bonds. The summed E-state index contributed by atoms with van der Waals surface area (Å²) in [6.45, 7) is 0.138. The van der Waals surface area contributed by atoms with Crippen LogP contribution < -0.4 is 10.2 Å². The molecule has 0 fully saturated rings. The first-order valence-electron chi connectivity index (χ1n) is 10.5. The number of nitrogens with zero attached hydrogens (tertiary/aromatic N) is 2. The Hall–Kier alpha value is -4.64. The summed E-state index contributed by atoms with van der Waals surface area (Å²) >= 11 is 0. The van der Waals surface area contributed by atoms with E-state index in [9.17, 15) is 23.2 Å². The SMILES string of the molecule is N#Cc1ccccc1COc1ccc2ccccc2c1/C=N\NC(=O)c1cccc(C(F)(F)F)c1. The van der Waals surface area contributed by atoms with E-state index in [1.807, 2.05) is 36.4 Å². The molecule has 174 valence electrons. The van der Waals surface area contributed by atoms with Crippen LogP contribution in [0.1, 0.15) is 32.6 Å². The van der Waals surface area contributed by atoms with Crippen LogP contribution in [0, 0.1) is 11.3 Å². The lowest BCUT2D eigenvalue weighted by Crippen LogP contribution is -2.18. The number of ether oxygens (including phenoxy) is 1. The van der Waals surface area contributed by atoms with Crippen LogP contribution in [0.25, 0.3) is 10.8 Å². The zero-order valence-electron chi connectivity index (χ0n) is 18.2.